The molecular weight excluding hydrogens is 379 g/mol. The number of nitrogens with zero attached hydrogens (tertiary/aromatic N) is 1. The largest absolute Gasteiger partial charge is 0.445 e. The van der Waals surface area contributed by atoms with E-state index in [1.54, 1.807) is 11.0 Å². The average Bonchev–Trinajstić information content (AvgIpc) is 2.97. The van der Waals surface area contributed by atoms with E-state index in [2.05, 4.69) is 0 Å². The van der Waals surface area contributed by atoms with Crippen LogP contribution in [0.1, 0.15) is 36.0 Å². The minimum atomic E-state index is -4.34. The summed E-state index contributed by atoms with van der Waals surface area (Å²) in [4.78, 5) is 14.4. The van der Waals surface area contributed by atoms with Crippen molar-refractivity contribution in [2.45, 2.75) is 50.6 Å². The maximum Gasteiger partial charge on any atom is 0.416 e. The molecule has 2 unspecified atom stereocenters. The number of amides is 1. The van der Waals surface area contributed by atoms with Gasteiger partial charge in [0.1, 0.15) is 6.61 Å². The van der Waals surface area contributed by atoms with Crippen LogP contribution in [0.25, 0.3) is 0 Å². The molecule has 2 bridgehead atoms. The summed E-state index contributed by atoms with van der Waals surface area (Å²) < 4.78 is 44.3. The fourth-order valence-electron chi connectivity index (χ4n) is 4.25. The Balaban J connectivity index is 1.41. The summed E-state index contributed by atoms with van der Waals surface area (Å²) in [5, 5.41) is 0. The van der Waals surface area contributed by atoms with Crippen LogP contribution in [0.3, 0.4) is 0 Å². The predicted octanol–water partition coefficient (Wildman–Crippen LogP) is 5.75. The van der Waals surface area contributed by atoms with Gasteiger partial charge in [-0.15, -0.1) is 0 Å². The monoisotopic (exact) mass is 401 g/mol. The van der Waals surface area contributed by atoms with Crippen molar-refractivity contribution in [1.29, 1.82) is 0 Å². The first kappa shape index (κ1) is 19.6. The molecule has 4 rings (SSSR count). The molecule has 0 N–H and O–H groups in total. The predicted molar refractivity (Wildman–Crippen MR) is 103 cm³/mol. The Hall–Kier alpha value is -2.76. The molecule has 0 radical (unpaired) electrons. The molecule has 3 nitrogen and oxygen atoms in total. The van der Waals surface area contributed by atoms with Crippen molar-refractivity contribution in [2.75, 3.05) is 0 Å². The highest BCUT2D eigenvalue weighted by molar-refractivity contribution is 5.70. The van der Waals surface area contributed by atoms with Gasteiger partial charge >= 0.3 is 12.3 Å². The highest BCUT2D eigenvalue weighted by Gasteiger charge is 2.40. The quantitative estimate of drug-likeness (QED) is 0.611. The Kier molecular flexibility index (Phi) is 5.35. The number of benzene rings is 2. The molecule has 1 saturated heterocycles. The second-order valence-electron chi connectivity index (χ2n) is 7.65. The van der Waals surface area contributed by atoms with Crippen LogP contribution in [-0.4, -0.2) is 23.1 Å². The van der Waals surface area contributed by atoms with Crippen LogP contribution in [0.15, 0.2) is 66.2 Å². The minimum absolute atomic E-state index is 0.0437. The molecule has 2 aromatic carbocycles. The van der Waals surface area contributed by atoms with Gasteiger partial charge in [-0.2, -0.15) is 13.2 Å². The normalized spacial score (nSPS) is 21.1. The number of ether oxygens (including phenoxy) is 1. The Morgan fingerprint density at radius 2 is 1.79 bits per heavy atom. The van der Waals surface area contributed by atoms with Gasteiger partial charge in [-0.25, -0.2) is 4.79 Å². The smallest absolute Gasteiger partial charge is 0.416 e. The SMILES string of the molecule is O=C(OCc1ccccc1)N1C2C=C(Cc3cccc(C(F)(F)F)c3)CC1CC2. The first-order valence-corrected chi connectivity index (χ1v) is 9.75. The van der Waals surface area contributed by atoms with E-state index < -0.39 is 11.7 Å². The fraction of sp³-hybridized carbons (Fsp3) is 0.348. The lowest BCUT2D eigenvalue weighted by molar-refractivity contribution is -0.137. The minimum Gasteiger partial charge on any atom is -0.445 e. The highest BCUT2D eigenvalue weighted by atomic mass is 19.4. The molecule has 2 aliphatic heterocycles. The van der Waals surface area contributed by atoms with E-state index in [1.807, 2.05) is 36.4 Å². The van der Waals surface area contributed by atoms with E-state index in [9.17, 15) is 18.0 Å². The van der Waals surface area contributed by atoms with Crippen LogP contribution in [0.2, 0.25) is 0 Å². The first-order valence-electron chi connectivity index (χ1n) is 9.75. The second kappa shape index (κ2) is 7.93. The molecule has 0 aliphatic carbocycles. The van der Waals surface area contributed by atoms with Gasteiger partial charge < -0.3 is 4.74 Å². The van der Waals surface area contributed by atoms with Gasteiger partial charge in [-0.05, 0) is 42.9 Å². The Labute approximate surface area is 167 Å². The topological polar surface area (TPSA) is 29.5 Å². The molecule has 1 amide bonds. The number of halogens is 3. The van der Waals surface area contributed by atoms with Gasteiger partial charge in [0, 0.05) is 6.04 Å². The van der Waals surface area contributed by atoms with Gasteiger partial charge in [-0.3, -0.25) is 4.90 Å². The summed E-state index contributed by atoms with van der Waals surface area (Å²) in [5.74, 6) is 0. The summed E-state index contributed by atoms with van der Waals surface area (Å²) in [6, 6.07) is 15.0. The van der Waals surface area contributed by atoms with E-state index in [0.29, 0.717) is 18.4 Å². The number of fused-ring (bicyclic) bond motifs is 2. The standard InChI is InChI=1S/C23H22F3NO2/c24-23(25,26)19-8-4-7-17(12-19)11-18-13-20-9-10-21(14-18)27(20)22(28)29-15-16-5-2-1-3-6-16/h1-8,12-13,20-21H,9-11,14-15H2. The van der Waals surface area contributed by atoms with E-state index in [-0.39, 0.29) is 24.8 Å². The average molecular weight is 401 g/mol. The first-order chi connectivity index (χ1) is 13.9. The van der Waals surface area contributed by atoms with Gasteiger partial charge in [0.05, 0.1) is 11.6 Å². The number of alkyl halides is 3. The van der Waals surface area contributed by atoms with Crippen molar-refractivity contribution in [2.24, 2.45) is 0 Å². The Morgan fingerprint density at radius 1 is 1.03 bits per heavy atom. The highest BCUT2D eigenvalue weighted by Crippen LogP contribution is 2.37. The summed E-state index contributed by atoms with van der Waals surface area (Å²) in [5.41, 5.74) is 2.04. The molecule has 0 saturated carbocycles. The number of rotatable bonds is 4. The van der Waals surface area contributed by atoms with Gasteiger partial charge in [0.25, 0.3) is 0 Å². The van der Waals surface area contributed by atoms with E-state index in [1.165, 1.54) is 12.1 Å². The molecule has 6 heteroatoms. The number of hydrogen-bond donors (Lipinski definition) is 0. The van der Waals surface area contributed by atoms with Gasteiger partial charge in [0.15, 0.2) is 0 Å². The summed E-state index contributed by atoms with van der Waals surface area (Å²) in [7, 11) is 0. The molecule has 2 aromatic rings. The summed E-state index contributed by atoms with van der Waals surface area (Å²) in [6.07, 6.45) is 0.265. The van der Waals surface area contributed by atoms with Gasteiger partial charge in [0.2, 0.25) is 0 Å². The summed E-state index contributed by atoms with van der Waals surface area (Å²) in [6.45, 7) is 0.233. The molecule has 2 atom stereocenters. The lowest BCUT2D eigenvalue weighted by Gasteiger charge is -2.33. The van der Waals surface area contributed by atoms with Crippen LogP contribution in [-0.2, 0) is 23.9 Å². The maximum atomic E-state index is 12.9. The van der Waals surface area contributed by atoms with Crippen molar-refractivity contribution in [3.63, 3.8) is 0 Å². The van der Waals surface area contributed by atoms with Crippen molar-refractivity contribution >= 4 is 6.09 Å². The molecule has 152 valence electrons. The lowest BCUT2D eigenvalue weighted by Crippen LogP contribution is -2.43. The third-order valence-corrected chi connectivity index (χ3v) is 5.57. The molecular formula is C23H22F3NO2. The van der Waals surface area contributed by atoms with Crippen LogP contribution in [0.5, 0.6) is 0 Å². The van der Waals surface area contributed by atoms with Crippen LogP contribution in [0.4, 0.5) is 18.0 Å². The molecule has 29 heavy (non-hydrogen) atoms. The third kappa shape index (κ3) is 4.47. The molecule has 2 heterocycles. The Morgan fingerprint density at radius 3 is 2.52 bits per heavy atom. The molecule has 2 aliphatic rings. The third-order valence-electron chi connectivity index (χ3n) is 5.57. The van der Waals surface area contributed by atoms with Gasteiger partial charge in [-0.1, -0.05) is 60.2 Å². The van der Waals surface area contributed by atoms with Crippen molar-refractivity contribution in [1.82, 2.24) is 4.90 Å². The van der Waals surface area contributed by atoms with Crippen LogP contribution in [0, 0.1) is 0 Å². The zero-order valence-electron chi connectivity index (χ0n) is 15.9. The molecule has 0 aromatic heterocycles. The van der Waals surface area contributed by atoms with E-state index >= 15 is 0 Å². The van der Waals surface area contributed by atoms with E-state index in [0.717, 1.165) is 30.0 Å². The lowest BCUT2D eigenvalue weighted by atomic mass is 9.94. The van der Waals surface area contributed by atoms with Crippen LogP contribution >= 0.6 is 0 Å². The summed E-state index contributed by atoms with van der Waals surface area (Å²) >= 11 is 0. The van der Waals surface area contributed by atoms with Crippen molar-refractivity contribution in [3.8, 4) is 0 Å². The molecule has 1 fully saturated rings. The molecule has 0 spiro atoms. The second-order valence-corrected chi connectivity index (χ2v) is 7.65. The zero-order chi connectivity index (χ0) is 20.4. The number of carbonyl (C=O) groups excluding carboxylic acids is 1. The zero-order valence-corrected chi connectivity index (χ0v) is 15.9. The van der Waals surface area contributed by atoms with Crippen LogP contribution < -0.4 is 0 Å². The fourth-order valence-corrected chi connectivity index (χ4v) is 4.25. The maximum absolute atomic E-state index is 12.9. The Bertz CT molecular complexity index is 908. The van der Waals surface area contributed by atoms with Crippen molar-refractivity contribution in [3.05, 3.63) is 82.9 Å². The van der Waals surface area contributed by atoms with Crippen molar-refractivity contribution < 1.29 is 22.7 Å². The van der Waals surface area contributed by atoms with E-state index in [4.69, 9.17) is 4.74 Å². The number of carbonyl (C=O) groups is 1. The number of hydrogen-bond acceptors (Lipinski definition) is 2.